The second-order valence-corrected chi connectivity index (χ2v) is 6.80. The minimum Gasteiger partial charge on any atom is -0.395 e. The summed E-state index contributed by atoms with van der Waals surface area (Å²) in [5.41, 5.74) is 0. The average molecular weight is 264 g/mol. The van der Waals surface area contributed by atoms with E-state index in [0.29, 0.717) is 13.1 Å². The predicted octanol–water partition coefficient (Wildman–Crippen LogP) is 0.666. The van der Waals surface area contributed by atoms with E-state index < -0.39 is 10.2 Å². The minimum atomic E-state index is -3.40. The fourth-order valence-electron chi connectivity index (χ4n) is 2.21. The van der Waals surface area contributed by atoms with Gasteiger partial charge in [-0.2, -0.15) is 17.0 Å². The number of nitrogens with zero attached hydrogens (tertiary/aromatic N) is 2. The largest absolute Gasteiger partial charge is 0.395 e. The first kappa shape index (κ1) is 14.9. The van der Waals surface area contributed by atoms with E-state index in [9.17, 15) is 13.5 Å². The Hall–Kier alpha value is -0.170. The second-order valence-electron chi connectivity index (χ2n) is 4.81. The van der Waals surface area contributed by atoms with Crippen molar-refractivity contribution in [3.8, 4) is 0 Å². The molecule has 1 N–H and O–H groups in total. The van der Waals surface area contributed by atoms with E-state index in [0.717, 1.165) is 19.3 Å². The van der Waals surface area contributed by atoms with Gasteiger partial charge in [0.05, 0.1) is 12.6 Å². The molecule has 0 radical (unpaired) electrons. The van der Waals surface area contributed by atoms with Crippen LogP contribution in [0.2, 0.25) is 0 Å². The average Bonchev–Trinajstić information content (AvgIpc) is 2.67. The Bertz CT molecular complexity index is 332. The minimum absolute atomic E-state index is 0.0952. The van der Waals surface area contributed by atoms with E-state index in [1.165, 1.54) is 8.61 Å². The van der Waals surface area contributed by atoms with Crippen LogP contribution in [0.1, 0.15) is 33.1 Å². The van der Waals surface area contributed by atoms with Gasteiger partial charge >= 0.3 is 0 Å². The molecule has 2 atom stereocenters. The molecule has 1 heterocycles. The molecule has 0 aromatic heterocycles. The van der Waals surface area contributed by atoms with Crippen LogP contribution in [0.15, 0.2) is 0 Å². The Morgan fingerprint density at radius 1 is 1.47 bits per heavy atom. The zero-order valence-corrected chi connectivity index (χ0v) is 11.8. The fourth-order valence-corrected chi connectivity index (χ4v) is 3.88. The number of unbranched alkanes of at least 4 members (excludes halogenated alkanes) is 1. The fraction of sp³-hybridized carbons (Fsp3) is 1.00. The molecule has 0 saturated carbocycles. The summed E-state index contributed by atoms with van der Waals surface area (Å²) in [6.07, 6.45) is 2.66. The van der Waals surface area contributed by atoms with Gasteiger partial charge in [-0.1, -0.05) is 20.3 Å². The third-order valence-corrected chi connectivity index (χ3v) is 5.55. The van der Waals surface area contributed by atoms with Gasteiger partial charge in [-0.15, -0.1) is 0 Å². The molecule has 0 amide bonds. The molecule has 6 heteroatoms. The number of rotatable bonds is 6. The Labute approximate surface area is 105 Å². The highest BCUT2D eigenvalue weighted by atomic mass is 32.2. The van der Waals surface area contributed by atoms with Crippen molar-refractivity contribution >= 4 is 10.2 Å². The van der Waals surface area contributed by atoms with Gasteiger partial charge in [-0.3, -0.25) is 0 Å². The Balaban J connectivity index is 2.76. The lowest BCUT2D eigenvalue weighted by molar-refractivity contribution is 0.186. The molecule has 2 unspecified atom stereocenters. The van der Waals surface area contributed by atoms with Gasteiger partial charge in [-0.25, -0.2) is 0 Å². The van der Waals surface area contributed by atoms with Gasteiger partial charge in [-0.05, 0) is 18.8 Å². The quantitative estimate of drug-likeness (QED) is 0.767. The van der Waals surface area contributed by atoms with E-state index in [2.05, 4.69) is 0 Å². The van der Waals surface area contributed by atoms with Crippen molar-refractivity contribution in [3.05, 3.63) is 0 Å². The van der Waals surface area contributed by atoms with Crippen molar-refractivity contribution in [3.63, 3.8) is 0 Å². The summed E-state index contributed by atoms with van der Waals surface area (Å²) in [6, 6.07) is -0.260. The Kier molecular flexibility index (Phi) is 5.37. The first-order valence-corrected chi connectivity index (χ1v) is 7.68. The number of hydrogen-bond acceptors (Lipinski definition) is 3. The zero-order valence-electron chi connectivity index (χ0n) is 11.0. The van der Waals surface area contributed by atoms with Gasteiger partial charge < -0.3 is 5.11 Å². The lowest BCUT2D eigenvalue weighted by Crippen LogP contribution is -2.46. The molecule has 102 valence electrons. The molecule has 0 spiro atoms. The third kappa shape index (κ3) is 3.19. The van der Waals surface area contributed by atoms with Crippen LogP contribution in [-0.4, -0.2) is 54.9 Å². The van der Waals surface area contributed by atoms with Gasteiger partial charge in [0.15, 0.2) is 0 Å². The Morgan fingerprint density at radius 2 is 2.12 bits per heavy atom. The summed E-state index contributed by atoms with van der Waals surface area (Å²) >= 11 is 0. The molecule has 0 aromatic carbocycles. The topological polar surface area (TPSA) is 60.9 Å². The first-order chi connectivity index (χ1) is 7.95. The molecular weight excluding hydrogens is 240 g/mol. The van der Waals surface area contributed by atoms with Crippen molar-refractivity contribution in [1.29, 1.82) is 0 Å². The number of hydrogen-bond donors (Lipinski definition) is 1. The van der Waals surface area contributed by atoms with Gasteiger partial charge in [0, 0.05) is 20.1 Å². The van der Waals surface area contributed by atoms with E-state index in [1.54, 1.807) is 7.05 Å². The van der Waals surface area contributed by atoms with Crippen LogP contribution in [-0.2, 0) is 10.2 Å². The van der Waals surface area contributed by atoms with Crippen molar-refractivity contribution in [2.75, 3.05) is 26.7 Å². The van der Waals surface area contributed by atoms with Gasteiger partial charge in [0.1, 0.15) is 0 Å². The molecule has 5 nitrogen and oxygen atoms in total. The highest BCUT2D eigenvalue weighted by Crippen LogP contribution is 2.27. The van der Waals surface area contributed by atoms with Gasteiger partial charge in [0.2, 0.25) is 0 Å². The normalized spacial score (nSPS) is 26.9. The van der Waals surface area contributed by atoms with Crippen LogP contribution in [0, 0.1) is 5.92 Å². The van der Waals surface area contributed by atoms with Crippen LogP contribution in [0.25, 0.3) is 0 Å². The van der Waals surface area contributed by atoms with Crippen molar-refractivity contribution in [1.82, 2.24) is 8.61 Å². The molecular formula is C11H24N2O3S. The lowest BCUT2D eigenvalue weighted by Gasteiger charge is -2.29. The standard InChI is InChI=1S/C11H24N2O3S/c1-4-5-7-12(3)17(15,16)13-8-6-10(2)11(13)9-14/h10-11,14H,4-9H2,1-3H3. The molecule has 1 rings (SSSR count). The third-order valence-electron chi connectivity index (χ3n) is 3.54. The van der Waals surface area contributed by atoms with Crippen LogP contribution < -0.4 is 0 Å². The smallest absolute Gasteiger partial charge is 0.282 e. The summed E-state index contributed by atoms with van der Waals surface area (Å²) in [4.78, 5) is 0. The maximum Gasteiger partial charge on any atom is 0.282 e. The highest BCUT2D eigenvalue weighted by molar-refractivity contribution is 7.86. The summed E-state index contributed by atoms with van der Waals surface area (Å²) in [7, 11) is -1.78. The molecule has 1 fully saturated rings. The number of aliphatic hydroxyl groups is 1. The lowest BCUT2D eigenvalue weighted by atomic mass is 10.0. The predicted molar refractivity (Wildman–Crippen MR) is 67.8 cm³/mol. The van der Waals surface area contributed by atoms with E-state index in [4.69, 9.17) is 0 Å². The van der Waals surface area contributed by atoms with E-state index in [1.807, 2.05) is 13.8 Å². The first-order valence-electron chi connectivity index (χ1n) is 6.29. The SMILES string of the molecule is CCCCN(C)S(=O)(=O)N1CCC(C)C1CO. The van der Waals surface area contributed by atoms with Crippen LogP contribution in [0.5, 0.6) is 0 Å². The summed E-state index contributed by atoms with van der Waals surface area (Å²) in [6.45, 7) is 4.99. The van der Waals surface area contributed by atoms with Crippen molar-refractivity contribution in [2.24, 2.45) is 5.92 Å². The van der Waals surface area contributed by atoms with Crippen molar-refractivity contribution < 1.29 is 13.5 Å². The van der Waals surface area contributed by atoms with Crippen LogP contribution >= 0.6 is 0 Å². The summed E-state index contributed by atoms with van der Waals surface area (Å²) in [5, 5.41) is 9.30. The molecule has 0 aliphatic carbocycles. The van der Waals surface area contributed by atoms with E-state index in [-0.39, 0.29) is 18.6 Å². The zero-order chi connectivity index (χ0) is 13.1. The monoisotopic (exact) mass is 264 g/mol. The molecule has 0 aromatic rings. The maximum atomic E-state index is 12.3. The van der Waals surface area contributed by atoms with Crippen molar-refractivity contribution in [2.45, 2.75) is 39.2 Å². The maximum absolute atomic E-state index is 12.3. The Morgan fingerprint density at radius 3 is 2.65 bits per heavy atom. The van der Waals surface area contributed by atoms with Crippen LogP contribution in [0.4, 0.5) is 0 Å². The summed E-state index contributed by atoms with van der Waals surface area (Å²) in [5.74, 6) is 0.231. The highest BCUT2D eigenvalue weighted by Gasteiger charge is 2.39. The molecule has 0 bridgehead atoms. The molecule has 1 aliphatic heterocycles. The van der Waals surface area contributed by atoms with Crippen LogP contribution in [0.3, 0.4) is 0 Å². The molecule has 17 heavy (non-hydrogen) atoms. The number of aliphatic hydroxyl groups excluding tert-OH is 1. The van der Waals surface area contributed by atoms with Gasteiger partial charge in [0.25, 0.3) is 10.2 Å². The van der Waals surface area contributed by atoms with E-state index >= 15 is 0 Å². The second kappa shape index (κ2) is 6.13. The molecule has 1 aliphatic rings. The summed E-state index contributed by atoms with van der Waals surface area (Å²) < 4.78 is 27.4. The molecule has 1 saturated heterocycles.